The summed E-state index contributed by atoms with van der Waals surface area (Å²) < 4.78 is 6.06. The summed E-state index contributed by atoms with van der Waals surface area (Å²) in [6, 6.07) is 17.5. The lowest BCUT2D eigenvalue weighted by molar-refractivity contribution is -0.118. The Labute approximate surface area is 234 Å². The van der Waals surface area contributed by atoms with Crippen LogP contribution in [0.2, 0.25) is 5.02 Å². The molecule has 1 aliphatic carbocycles. The minimum Gasteiger partial charge on any atom is -0.489 e. The van der Waals surface area contributed by atoms with Crippen LogP contribution in [0.15, 0.2) is 83.6 Å². The molecule has 0 bridgehead atoms. The van der Waals surface area contributed by atoms with Crippen molar-refractivity contribution in [1.29, 1.82) is 5.26 Å². The first kappa shape index (κ1) is 26.5. The van der Waals surface area contributed by atoms with Gasteiger partial charge in [-0.2, -0.15) is 5.26 Å². The first-order valence-electron chi connectivity index (χ1n) is 12.9. The van der Waals surface area contributed by atoms with Crippen LogP contribution in [0.3, 0.4) is 0 Å². The molecule has 3 aromatic rings. The van der Waals surface area contributed by atoms with E-state index in [0.717, 1.165) is 33.6 Å². The molecule has 2 aromatic carbocycles. The Kier molecular flexibility index (Phi) is 6.96. The molecule has 39 heavy (non-hydrogen) atoms. The van der Waals surface area contributed by atoms with Crippen LogP contribution in [0.1, 0.15) is 54.9 Å². The van der Waals surface area contributed by atoms with E-state index in [1.54, 1.807) is 24.5 Å². The van der Waals surface area contributed by atoms with Crippen LogP contribution in [-0.4, -0.2) is 10.8 Å². The minimum atomic E-state index is -0.559. The standard InChI is InChI=1S/C32H31ClN4O2/c1-19-12-20(2)25(13-21(19)18-39-24-9-7-22(33)8-10-24)29-26(16-34)31(35)37(23-6-5-11-36-17-23)27-14-32(3,4)15-28(38)30(27)29/h5-13,17,29H,14-15,18,35H2,1-4H3. The van der Waals surface area contributed by atoms with Crippen molar-refractivity contribution in [2.75, 3.05) is 4.90 Å². The van der Waals surface area contributed by atoms with E-state index in [1.165, 1.54) is 0 Å². The topological polar surface area (TPSA) is 92.2 Å². The van der Waals surface area contributed by atoms with Crippen molar-refractivity contribution < 1.29 is 9.53 Å². The molecule has 7 heteroatoms. The van der Waals surface area contributed by atoms with E-state index in [0.29, 0.717) is 47.2 Å². The molecule has 1 aliphatic heterocycles. The van der Waals surface area contributed by atoms with Crippen molar-refractivity contribution in [1.82, 2.24) is 4.98 Å². The van der Waals surface area contributed by atoms with Crippen molar-refractivity contribution in [3.63, 3.8) is 0 Å². The van der Waals surface area contributed by atoms with Gasteiger partial charge in [-0.05, 0) is 84.3 Å². The Morgan fingerprint density at radius 1 is 1.15 bits per heavy atom. The third kappa shape index (κ3) is 5.03. The molecule has 0 saturated heterocycles. The number of Topliss-reactive ketones (excluding diaryl/α,β-unsaturated/α-hetero) is 1. The number of nitrogens with zero attached hydrogens (tertiary/aromatic N) is 3. The normalized spacial score (nSPS) is 18.6. The molecule has 0 spiro atoms. The summed E-state index contributed by atoms with van der Waals surface area (Å²) in [5.74, 6) is 0.525. The predicted molar refractivity (Wildman–Crippen MR) is 153 cm³/mol. The van der Waals surface area contributed by atoms with Crippen LogP contribution in [0.4, 0.5) is 5.69 Å². The second-order valence-electron chi connectivity index (χ2n) is 11.1. The van der Waals surface area contributed by atoms with Gasteiger partial charge in [0.05, 0.1) is 29.4 Å². The summed E-state index contributed by atoms with van der Waals surface area (Å²) in [5.41, 5.74) is 13.0. The highest BCUT2D eigenvalue weighted by atomic mass is 35.5. The SMILES string of the molecule is Cc1cc(C)c(C2C(C#N)=C(N)N(c3cccnc3)C3=C2C(=O)CC(C)(C)C3)cc1COc1ccc(Cl)cc1. The van der Waals surface area contributed by atoms with Gasteiger partial charge in [-0.1, -0.05) is 37.6 Å². The maximum absolute atomic E-state index is 13.9. The molecule has 2 aliphatic rings. The van der Waals surface area contributed by atoms with E-state index in [1.807, 2.05) is 43.0 Å². The predicted octanol–water partition coefficient (Wildman–Crippen LogP) is 6.87. The fourth-order valence-corrected chi connectivity index (χ4v) is 5.80. The molecule has 0 saturated carbocycles. The number of hydrogen-bond acceptors (Lipinski definition) is 6. The summed E-state index contributed by atoms with van der Waals surface area (Å²) in [5, 5.41) is 11.1. The number of pyridine rings is 1. The zero-order chi connectivity index (χ0) is 27.9. The molecule has 2 N–H and O–H groups in total. The van der Waals surface area contributed by atoms with Gasteiger partial charge < -0.3 is 10.5 Å². The first-order valence-corrected chi connectivity index (χ1v) is 13.3. The van der Waals surface area contributed by atoms with Gasteiger partial charge in [-0.3, -0.25) is 14.7 Å². The number of carbonyl (C=O) groups excluding carboxylic acids is 1. The number of aryl methyl sites for hydroxylation is 2. The maximum Gasteiger partial charge on any atom is 0.162 e. The van der Waals surface area contributed by atoms with Crippen LogP contribution in [0.25, 0.3) is 0 Å². The molecule has 0 radical (unpaired) electrons. The van der Waals surface area contributed by atoms with Crippen molar-refractivity contribution in [3.8, 4) is 11.8 Å². The van der Waals surface area contributed by atoms with E-state index in [-0.39, 0.29) is 11.2 Å². The lowest BCUT2D eigenvalue weighted by atomic mass is 9.68. The quantitative estimate of drug-likeness (QED) is 0.381. The van der Waals surface area contributed by atoms with Gasteiger partial charge in [0.15, 0.2) is 5.78 Å². The van der Waals surface area contributed by atoms with Gasteiger partial charge in [0, 0.05) is 28.9 Å². The Morgan fingerprint density at radius 2 is 1.90 bits per heavy atom. The number of carbonyl (C=O) groups is 1. The third-order valence-electron chi connectivity index (χ3n) is 7.53. The summed E-state index contributed by atoms with van der Waals surface area (Å²) >= 11 is 6.02. The smallest absolute Gasteiger partial charge is 0.162 e. The molecular weight excluding hydrogens is 508 g/mol. The Bertz CT molecular complexity index is 1550. The van der Waals surface area contributed by atoms with Crippen LogP contribution < -0.4 is 15.4 Å². The molecule has 1 atom stereocenters. The van der Waals surface area contributed by atoms with Gasteiger partial charge >= 0.3 is 0 Å². The number of ether oxygens (including phenoxy) is 1. The lowest BCUT2D eigenvalue weighted by Gasteiger charge is -2.44. The Balaban J connectivity index is 1.65. The second-order valence-corrected chi connectivity index (χ2v) is 11.5. The van der Waals surface area contributed by atoms with Crippen molar-refractivity contribution in [2.24, 2.45) is 11.1 Å². The summed E-state index contributed by atoms with van der Waals surface area (Å²) in [6.07, 6.45) is 4.45. The molecule has 0 fully saturated rings. The Morgan fingerprint density at radius 3 is 2.56 bits per heavy atom. The molecule has 198 valence electrons. The summed E-state index contributed by atoms with van der Waals surface area (Å²) in [6.45, 7) is 8.57. The third-order valence-corrected chi connectivity index (χ3v) is 7.78. The molecule has 6 nitrogen and oxygen atoms in total. The fourth-order valence-electron chi connectivity index (χ4n) is 5.68. The Hall–Kier alpha value is -4.08. The number of aromatic nitrogens is 1. The van der Waals surface area contributed by atoms with E-state index in [4.69, 9.17) is 22.1 Å². The number of anilines is 1. The fraction of sp³-hybridized carbons (Fsp3) is 0.281. The number of ketones is 1. The monoisotopic (exact) mass is 538 g/mol. The maximum atomic E-state index is 13.9. The van der Waals surface area contributed by atoms with Crippen molar-refractivity contribution >= 4 is 23.1 Å². The number of nitrogens with two attached hydrogens (primary N) is 1. The number of benzene rings is 2. The van der Waals surface area contributed by atoms with Gasteiger partial charge in [-0.25, -0.2) is 0 Å². The number of rotatable bonds is 5. The highest BCUT2D eigenvalue weighted by Gasteiger charge is 2.45. The highest BCUT2D eigenvalue weighted by Crippen LogP contribution is 2.50. The average Bonchev–Trinajstić information content (AvgIpc) is 2.88. The zero-order valence-corrected chi connectivity index (χ0v) is 23.3. The van der Waals surface area contributed by atoms with Crippen LogP contribution in [-0.2, 0) is 11.4 Å². The zero-order valence-electron chi connectivity index (χ0n) is 22.6. The molecule has 5 rings (SSSR count). The van der Waals surface area contributed by atoms with Crippen LogP contribution >= 0.6 is 11.6 Å². The molecule has 2 heterocycles. The average molecular weight is 539 g/mol. The van der Waals surface area contributed by atoms with Crippen molar-refractivity contribution in [3.05, 3.63) is 111 Å². The number of allylic oxidation sites excluding steroid dienone is 3. The first-order chi connectivity index (χ1) is 18.6. The largest absolute Gasteiger partial charge is 0.489 e. The van der Waals surface area contributed by atoms with E-state index >= 15 is 0 Å². The highest BCUT2D eigenvalue weighted by molar-refractivity contribution is 6.30. The van der Waals surface area contributed by atoms with Crippen LogP contribution in [0, 0.1) is 30.6 Å². The van der Waals surface area contributed by atoms with Gasteiger partial charge in [0.25, 0.3) is 0 Å². The molecule has 0 amide bonds. The van der Waals surface area contributed by atoms with Crippen LogP contribution in [0.5, 0.6) is 5.75 Å². The summed E-state index contributed by atoms with van der Waals surface area (Å²) in [4.78, 5) is 20.0. The molecule has 1 aromatic heterocycles. The molecule has 1 unspecified atom stereocenters. The van der Waals surface area contributed by atoms with E-state index in [2.05, 4.69) is 37.0 Å². The minimum absolute atomic E-state index is 0.0410. The van der Waals surface area contributed by atoms with Crippen molar-refractivity contribution in [2.45, 2.75) is 53.1 Å². The van der Waals surface area contributed by atoms with E-state index in [9.17, 15) is 10.1 Å². The van der Waals surface area contributed by atoms with Gasteiger partial charge in [0.1, 0.15) is 18.2 Å². The second kappa shape index (κ2) is 10.2. The molecular formula is C32H31ClN4O2. The van der Waals surface area contributed by atoms with Gasteiger partial charge in [0.2, 0.25) is 0 Å². The van der Waals surface area contributed by atoms with E-state index < -0.39 is 5.92 Å². The number of nitriles is 1. The number of hydrogen-bond donors (Lipinski definition) is 1. The number of halogens is 1. The lowest BCUT2D eigenvalue weighted by Crippen LogP contribution is -2.42. The van der Waals surface area contributed by atoms with Gasteiger partial charge in [-0.15, -0.1) is 0 Å². The summed E-state index contributed by atoms with van der Waals surface area (Å²) in [7, 11) is 0.